The number of Topliss-reactive ketones (excluding diaryl/α,β-unsaturated/α-hetero) is 2. The van der Waals surface area contributed by atoms with Crippen molar-refractivity contribution in [3.8, 4) is 0 Å². The Hall–Kier alpha value is -1.26. The van der Waals surface area contributed by atoms with Crippen LogP contribution < -0.4 is 0 Å². The van der Waals surface area contributed by atoms with Crippen molar-refractivity contribution >= 4 is 11.6 Å². The van der Waals surface area contributed by atoms with Crippen LogP contribution in [-0.4, -0.2) is 34.0 Å². The van der Waals surface area contributed by atoms with E-state index in [-0.39, 0.29) is 40.7 Å². The Bertz CT molecular complexity index is 1280. The van der Waals surface area contributed by atoms with Gasteiger partial charge in [-0.25, -0.2) is 0 Å². The summed E-state index contributed by atoms with van der Waals surface area (Å²) in [6.07, 6.45) is 15.8. The van der Waals surface area contributed by atoms with Crippen LogP contribution in [0.5, 0.6) is 0 Å². The fourth-order valence-corrected chi connectivity index (χ4v) is 11.0. The van der Waals surface area contributed by atoms with Gasteiger partial charge in [0.1, 0.15) is 11.2 Å². The van der Waals surface area contributed by atoms with E-state index < -0.39 is 38.6 Å². The fraction of sp³-hybridized carbons (Fsp3) is 0.850. The lowest BCUT2D eigenvalue weighted by Crippen LogP contribution is -2.82. The van der Waals surface area contributed by atoms with Crippen LogP contribution in [0.2, 0.25) is 0 Å². The van der Waals surface area contributed by atoms with Crippen molar-refractivity contribution in [2.24, 2.45) is 45.3 Å². The van der Waals surface area contributed by atoms with Crippen LogP contribution in [0.1, 0.15) is 147 Å². The molecular formula is C40H62O4. The average Bonchev–Trinajstić information content (AvgIpc) is 3.13. The first-order valence-electron chi connectivity index (χ1n) is 18.1. The molecule has 4 nitrogen and oxygen atoms in total. The van der Waals surface area contributed by atoms with Gasteiger partial charge in [-0.1, -0.05) is 122 Å². The number of hydrogen-bond acceptors (Lipinski definition) is 4. The summed E-state index contributed by atoms with van der Waals surface area (Å²) in [6, 6.07) is 0. The number of rotatable bonds is 2. The lowest BCUT2D eigenvalue weighted by atomic mass is 9.43. The highest BCUT2D eigenvalue weighted by atomic mass is 16.6. The van der Waals surface area contributed by atoms with Gasteiger partial charge in [0.25, 0.3) is 0 Å². The minimum atomic E-state index is -1.43. The van der Waals surface area contributed by atoms with Crippen molar-refractivity contribution in [3.63, 3.8) is 0 Å². The summed E-state index contributed by atoms with van der Waals surface area (Å²) < 4.78 is 15.8. The summed E-state index contributed by atoms with van der Waals surface area (Å²) in [6.45, 7) is 26.6. The second-order valence-corrected chi connectivity index (χ2v) is 19.8. The minimum absolute atomic E-state index is 0.0249. The first-order valence-corrected chi connectivity index (χ1v) is 18.1. The van der Waals surface area contributed by atoms with Gasteiger partial charge in [0.15, 0.2) is 22.8 Å². The predicted molar refractivity (Wildman–Crippen MR) is 177 cm³/mol. The van der Waals surface area contributed by atoms with Gasteiger partial charge in [-0.3, -0.25) is 9.59 Å². The van der Waals surface area contributed by atoms with Crippen molar-refractivity contribution in [2.45, 2.75) is 170 Å². The third kappa shape index (κ3) is 3.94. The zero-order valence-corrected chi connectivity index (χ0v) is 30.2. The standard InChI is InChI=1S/C40H62O4/c1-33(2,3)27-23-38(36(10,11)12)30(26-21-17-14-18-22-26)40(31(27)41)39(44-38)28(34(4,5)6)24-37(43-40,35(7,8)9)29(32(39)42)25-19-15-13-16-20-25/h23-26,29-30H,13-22H2,1-12H3/t29-,30+,37-,38-,39-,40+/m1/s1. The summed E-state index contributed by atoms with van der Waals surface area (Å²) in [5, 5.41) is 0. The van der Waals surface area contributed by atoms with Gasteiger partial charge in [0, 0.05) is 11.5 Å². The monoisotopic (exact) mass is 606 g/mol. The van der Waals surface area contributed by atoms with E-state index in [2.05, 4.69) is 95.2 Å². The second kappa shape index (κ2) is 9.65. The molecule has 0 aromatic heterocycles. The fourth-order valence-electron chi connectivity index (χ4n) is 11.0. The predicted octanol–water partition coefficient (Wildman–Crippen LogP) is 9.60. The Kier molecular flexibility index (Phi) is 7.16. The van der Waals surface area contributed by atoms with Crippen LogP contribution in [0.15, 0.2) is 23.3 Å². The normalized spacial score (nSPS) is 40.6. The number of fused-ring (bicyclic) bond motifs is 2. The topological polar surface area (TPSA) is 52.6 Å². The minimum Gasteiger partial charge on any atom is -0.351 e. The maximum atomic E-state index is 16.1. The van der Waals surface area contributed by atoms with Crippen LogP contribution in [-0.2, 0) is 19.1 Å². The van der Waals surface area contributed by atoms with Crippen molar-refractivity contribution < 1.29 is 19.1 Å². The Labute approximate surface area is 268 Å². The molecule has 0 amide bonds. The second-order valence-electron chi connectivity index (χ2n) is 19.8. The van der Waals surface area contributed by atoms with E-state index in [4.69, 9.17) is 9.47 Å². The van der Waals surface area contributed by atoms with Crippen molar-refractivity contribution in [1.82, 2.24) is 0 Å². The molecule has 0 aromatic carbocycles. The lowest BCUT2D eigenvalue weighted by Gasteiger charge is -2.68. The van der Waals surface area contributed by atoms with Gasteiger partial charge in [0.2, 0.25) is 0 Å². The highest BCUT2D eigenvalue weighted by Crippen LogP contribution is 2.76. The number of hydrogen-bond donors (Lipinski definition) is 0. The van der Waals surface area contributed by atoms with E-state index in [1.807, 2.05) is 0 Å². The Morgan fingerprint density at radius 2 is 1.11 bits per heavy atom. The molecule has 2 saturated heterocycles. The number of ether oxygens (including phenoxy) is 2. The van der Waals surface area contributed by atoms with E-state index >= 15 is 9.59 Å². The summed E-state index contributed by atoms with van der Waals surface area (Å²) in [5.74, 6) is 0.114. The molecule has 4 fully saturated rings. The largest absolute Gasteiger partial charge is 0.351 e. The molecular weight excluding hydrogens is 544 g/mol. The first kappa shape index (κ1) is 32.7. The highest BCUT2D eigenvalue weighted by molar-refractivity contribution is 6.14. The molecule has 0 aromatic rings. The summed E-state index contributed by atoms with van der Waals surface area (Å²) >= 11 is 0. The molecule has 246 valence electrons. The van der Waals surface area contributed by atoms with E-state index in [0.717, 1.165) is 62.5 Å². The molecule has 2 saturated carbocycles. The van der Waals surface area contributed by atoms with Crippen molar-refractivity contribution in [1.29, 1.82) is 0 Å². The zero-order valence-electron chi connectivity index (χ0n) is 30.2. The molecule has 44 heavy (non-hydrogen) atoms. The first-order chi connectivity index (χ1) is 20.1. The maximum Gasteiger partial charge on any atom is 0.195 e. The molecule has 4 aliphatic carbocycles. The smallest absolute Gasteiger partial charge is 0.195 e. The molecule has 4 bridgehead atoms. The van der Waals surface area contributed by atoms with Gasteiger partial charge < -0.3 is 9.47 Å². The van der Waals surface area contributed by atoms with E-state index in [1.165, 1.54) is 12.8 Å². The summed E-state index contributed by atoms with van der Waals surface area (Å²) in [7, 11) is 0. The van der Waals surface area contributed by atoms with Crippen molar-refractivity contribution in [2.75, 3.05) is 0 Å². The molecule has 0 unspecified atom stereocenters. The molecule has 6 atom stereocenters. The molecule has 7 aliphatic rings. The van der Waals surface area contributed by atoms with Crippen LogP contribution in [0, 0.1) is 45.3 Å². The highest BCUT2D eigenvalue weighted by Gasteiger charge is 2.89. The van der Waals surface area contributed by atoms with E-state index in [9.17, 15) is 0 Å². The van der Waals surface area contributed by atoms with Crippen LogP contribution in [0.4, 0.5) is 0 Å². The zero-order chi connectivity index (χ0) is 32.5. The SMILES string of the molecule is CC(C)(C)C1=C[C@@]2(C(C)(C)C)O[C@@]34C(=O)[C@@H](C5CCCCC5)[C@@](C(C)(C)C)(C=C3C(C)(C)C)O[C@]4(C1=O)[C@H]2C1CCCCC1. The molecule has 3 heterocycles. The Morgan fingerprint density at radius 1 is 0.614 bits per heavy atom. The Balaban J connectivity index is 1.77. The van der Waals surface area contributed by atoms with Gasteiger partial charge in [-0.05, 0) is 76.9 Å². The molecule has 3 aliphatic heterocycles. The molecule has 0 N–H and O–H groups in total. The number of carbonyl (C=O) groups excluding carboxylic acids is 2. The molecule has 0 radical (unpaired) electrons. The van der Waals surface area contributed by atoms with Crippen molar-refractivity contribution in [3.05, 3.63) is 23.3 Å². The Morgan fingerprint density at radius 3 is 1.57 bits per heavy atom. The maximum absolute atomic E-state index is 16.1. The number of carbonyl (C=O) groups is 2. The lowest BCUT2D eigenvalue weighted by molar-refractivity contribution is -0.281. The van der Waals surface area contributed by atoms with Gasteiger partial charge in [-0.15, -0.1) is 0 Å². The van der Waals surface area contributed by atoms with Gasteiger partial charge in [-0.2, -0.15) is 0 Å². The van der Waals surface area contributed by atoms with Gasteiger partial charge >= 0.3 is 0 Å². The summed E-state index contributed by atoms with van der Waals surface area (Å²) in [4.78, 5) is 31.9. The third-order valence-electron chi connectivity index (χ3n) is 13.0. The summed E-state index contributed by atoms with van der Waals surface area (Å²) in [5.41, 5.74) is -4.34. The van der Waals surface area contributed by atoms with Crippen LogP contribution in [0.25, 0.3) is 0 Å². The molecule has 4 heteroatoms. The van der Waals surface area contributed by atoms with Crippen LogP contribution in [0.3, 0.4) is 0 Å². The molecule has 2 spiro atoms. The van der Waals surface area contributed by atoms with E-state index in [1.54, 1.807) is 0 Å². The van der Waals surface area contributed by atoms with Crippen LogP contribution >= 0.6 is 0 Å². The number of ketones is 2. The van der Waals surface area contributed by atoms with E-state index in [0.29, 0.717) is 0 Å². The molecule has 7 rings (SSSR count). The quantitative estimate of drug-likeness (QED) is 0.294. The van der Waals surface area contributed by atoms with Gasteiger partial charge in [0.05, 0.1) is 5.92 Å². The average molecular weight is 607 g/mol. The third-order valence-corrected chi connectivity index (χ3v) is 13.0.